The summed E-state index contributed by atoms with van der Waals surface area (Å²) in [5.74, 6) is 0.818. The van der Waals surface area contributed by atoms with E-state index in [9.17, 15) is 9.18 Å². The molecule has 1 aromatic heterocycles. The van der Waals surface area contributed by atoms with Crippen LogP contribution in [0.4, 0.5) is 15.9 Å². The van der Waals surface area contributed by atoms with Crippen LogP contribution in [0.5, 0.6) is 0 Å². The summed E-state index contributed by atoms with van der Waals surface area (Å²) in [6, 6.07) is 10.4. The predicted octanol–water partition coefficient (Wildman–Crippen LogP) is 1.44. The molecule has 0 radical (unpaired) electrons. The van der Waals surface area contributed by atoms with Gasteiger partial charge in [0.2, 0.25) is 0 Å². The maximum atomic E-state index is 13.1. The molecule has 6 nitrogen and oxygen atoms in total. The zero-order chi connectivity index (χ0) is 18.6. The van der Waals surface area contributed by atoms with Crippen molar-refractivity contribution in [2.24, 2.45) is 0 Å². The fourth-order valence-electron chi connectivity index (χ4n) is 3.55. The lowest BCUT2D eigenvalue weighted by Crippen LogP contribution is -2.49. The van der Waals surface area contributed by atoms with E-state index in [0.717, 1.165) is 50.9 Å². The van der Waals surface area contributed by atoms with Crippen LogP contribution in [0.15, 0.2) is 42.6 Å². The SMILES string of the molecule is O=C(c1ccc(N2CCOCC2)[nH+]c1)N1CCN(c2ccc(F)cc2)CC1. The van der Waals surface area contributed by atoms with E-state index < -0.39 is 0 Å². The Balaban J connectivity index is 1.35. The van der Waals surface area contributed by atoms with E-state index >= 15 is 0 Å². The highest BCUT2D eigenvalue weighted by Crippen LogP contribution is 2.18. The second-order valence-electron chi connectivity index (χ2n) is 6.82. The van der Waals surface area contributed by atoms with Crippen LogP contribution in [0, 0.1) is 5.82 Å². The van der Waals surface area contributed by atoms with Crippen LogP contribution in [-0.4, -0.2) is 63.3 Å². The highest BCUT2D eigenvalue weighted by Gasteiger charge is 2.24. The summed E-state index contributed by atoms with van der Waals surface area (Å²) >= 11 is 0. The second kappa shape index (κ2) is 7.92. The maximum Gasteiger partial charge on any atom is 0.274 e. The van der Waals surface area contributed by atoms with Crippen molar-refractivity contribution in [2.45, 2.75) is 0 Å². The van der Waals surface area contributed by atoms with E-state index in [0.29, 0.717) is 18.7 Å². The third-order valence-electron chi connectivity index (χ3n) is 5.15. The van der Waals surface area contributed by atoms with Gasteiger partial charge in [-0.2, -0.15) is 0 Å². The third-order valence-corrected chi connectivity index (χ3v) is 5.15. The largest absolute Gasteiger partial charge is 0.373 e. The molecule has 2 fully saturated rings. The number of aromatic nitrogens is 1. The molecule has 2 aromatic rings. The van der Waals surface area contributed by atoms with Gasteiger partial charge in [-0.05, 0) is 30.3 Å². The number of aromatic amines is 1. The van der Waals surface area contributed by atoms with Crippen LogP contribution in [0.2, 0.25) is 0 Å². The molecule has 0 unspecified atom stereocenters. The molecule has 0 atom stereocenters. The molecule has 0 bridgehead atoms. The number of anilines is 2. The topological polar surface area (TPSA) is 50.2 Å². The van der Waals surface area contributed by atoms with Gasteiger partial charge < -0.3 is 14.5 Å². The van der Waals surface area contributed by atoms with Gasteiger partial charge in [0.25, 0.3) is 11.7 Å². The monoisotopic (exact) mass is 371 g/mol. The molecule has 0 aliphatic carbocycles. The van der Waals surface area contributed by atoms with E-state index in [1.807, 2.05) is 17.0 Å². The van der Waals surface area contributed by atoms with Crippen LogP contribution in [0.25, 0.3) is 0 Å². The first-order valence-corrected chi connectivity index (χ1v) is 9.35. The number of benzene rings is 1. The van der Waals surface area contributed by atoms with Crippen molar-refractivity contribution in [3.05, 3.63) is 54.0 Å². The number of nitrogens with one attached hydrogen (secondary N) is 1. The Morgan fingerprint density at radius 3 is 2.22 bits per heavy atom. The van der Waals surface area contributed by atoms with Crippen molar-refractivity contribution in [3.8, 4) is 0 Å². The molecule has 2 aliphatic rings. The molecule has 0 spiro atoms. The minimum Gasteiger partial charge on any atom is -0.373 e. The van der Waals surface area contributed by atoms with Crippen LogP contribution >= 0.6 is 0 Å². The first kappa shape index (κ1) is 17.7. The summed E-state index contributed by atoms with van der Waals surface area (Å²) in [6.07, 6.45) is 1.79. The minimum atomic E-state index is -0.232. The number of piperazine rings is 1. The van der Waals surface area contributed by atoms with Crippen molar-refractivity contribution in [1.29, 1.82) is 0 Å². The van der Waals surface area contributed by atoms with Gasteiger partial charge in [-0.3, -0.25) is 9.69 Å². The molecule has 3 heterocycles. The minimum absolute atomic E-state index is 0.0403. The number of amides is 1. The molecule has 2 saturated heterocycles. The summed E-state index contributed by atoms with van der Waals surface area (Å²) in [6.45, 7) is 5.97. The number of halogens is 1. The Labute approximate surface area is 158 Å². The fraction of sp³-hybridized carbons (Fsp3) is 0.400. The van der Waals surface area contributed by atoms with Gasteiger partial charge >= 0.3 is 0 Å². The Morgan fingerprint density at radius 2 is 1.59 bits per heavy atom. The number of hydrogen-bond donors (Lipinski definition) is 0. The number of hydrogen-bond acceptors (Lipinski definition) is 4. The molecular formula is C20H24FN4O2+. The van der Waals surface area contributed by atoms with Crippen LogP contribution in [0.3, 0.4) is 0 Å². The first-order valence-electron chi connectivity index (χ1n) is 9.35. The molecule has 1 N–H and O–H groups in total. The third kappa shape index (κ3) is 4.03. The van der Waals surface area contributed by atoms with Crippen LogP contribution in [0.1, 0.15) is 10.4 Å². The van der Waals surface area contributed by atoms with Gasteiger partial charge in [-0.1, -0.05) is 0 Å². The lowest BCUT2D eigenvalue weighted by Gasteiger charge is -2.36. The summed E-state index contributed by atoms with van der Waals surface area (Å²) in [5, 5.41) is 0. The predicted molar refractivity (Wildman–Crippen MR) is 101 cm³/mol. The van der Waals surface area contributed by atoms with E-state index in [2.05, 4.69) is 14.8 Å². The number of carbonyl (C=O) groups excluding carboxylic acids is 1. The van der Waals surface area contributed by atoms with Crippen molar-refractivity contribution in [1.82, 2.24) is 4.90 Å². The molecule has 1 aromatic carbocycles. The summed E-state index contributed by atoms with van der Waals surface area (Å²) in [7, 11) is 0. The van der Waals surface area contributed by atoms with E-state index in [-0.39, 0.29) is 11.7 Å². The average Bonchev–Trinajstić information content (AvgIpc) is 2.75. The molecule has 0 saturated carbocycles. The fourth-order valence-corrected chi connectivity index (χ4v) is 3.55. The van der Waals surface area contributed by atoms with Gasteiger partial charge in [0, 0.05) is 37.9 Å². The maximum absolute atomic E-state index is 13.1. The molecular weight excluding hydrogens is 347 g/mol. The Kier molecular flexibility index (Phi) is 5.20. The number of nitrogens with zero attached hydrogens (tertiary/aromatic N) is 3. The second-order valence-corrected chi connectivity index (χ2v) is 6.82. The number of carbonyl (C=O) groups is 1. The van der Waals surface area contributed by atoms with E-state index in [4.69, 9.17) is 4.74 Å². The number of rotatable bonds is 3. The van der Waals surface area contributed by atoms with Gasteiger partial charge in [0.1, 0.15) is 25.1 Å². The van der Waals surface area contributed by atoms with Crippen molar-refractivity contribution >= 4 is 17.4 Å². The van der Waals surface area contributed by atoms with Gasteiger partial charge in [-0.15, -0.1) is 0 Å². The molecule has 4 rings (SSSR count). The summed E-state index contributed by atoms with van der Waals surface area (Å²) in [5.41, 5.74) is 1.66. The van der Waals surface area contributed by atoms with Gasteiger partial charge in [-0.25, -0.2) is 9.37 Å². The van der Waals surface area contributed by atoms with Crippen LogP contribution < -0.4 is 14.8 Å². The van der Waals surface area contributed by atoms with E-state index in [1.54, 1.807) is 18.3 Å². The first-order chi connectivity index (χ1) is 13.2. The Morgan fingerprint density at radius 1 is 0.889 bits per heavy atom. The molecule has 142 valence electrons. The number of pyridine rings is 1. The molecule has 7 heteroatoms. The zero-order valence-corrected chi connectivity index (χ0v) is 15.2. The highest BCUT2D eigenvalue weighted by atomic mass is 19.1. The number of ether oxygens (including phenoxy) is 1. The molecule has 27 heavy (non-hydrogen) atoms. The highest BCUT2D eigenvalue weighted by molar-refractivity contribution is 5.94. The zero-order valence-electron chi connectivity index (χ0n) is 15.2. The standard InChI is InChI=1S/C20H23FN4O2/c21-17-2-4-18(5-3-17)23-7-9-25(10-8-23)20(26)16-1-6-19(22-15-16)24-11-13-27-14-12-24/h1-6,15H,7-14H2/p+1. The summed E-state index contributed by atoms with van der Waals surface area (Å²) in [4.78, 5) is 22.3. The van der Waals surface area contributed by atoms with Crippen LogP contribution in [-0.2, 0) is 4.74 Å². The molecule has 2 aliphatic heterocycles. The Bertz CT molecular complexity index is 768. The van der Waals surface area contributed by atoms with E-state index in [1.165, 1.54) is 12.1 Å². The summed E-state index contributed by atoms with van der Waals surface area (Å²) < 4.78 is 18.4. The smallest absolute Gasteiger partial charge is 0.274 e. The normalized spacial score (nSPS) is 17.9. The van der Waals surface area contributed by atoms with Gasteiger partial charge in [0.05, 0.1) is 18.8 Å². The van der Waals surface area contributed by atoms with Gasteiger partial charge in [0.15, 0.2) is 0 Å². The quantitative estimate of drug-likeness (QED) is 0.819. The van der Waals surface area contributed by atoms with Crippen molar-refractivity contribution < 1.29 is 18.9 Å². The molecule has 1 amide bonds. The van der Waals surface area contributed by atoms with Crippen molar-refractivity contribution in [3.63, 3.8) is 0 Å². The number of H-pyrrole nitrogens is 1. The lowest BCUT2D eigenvalue weighted by atomic mass is 10.2. The average molecular weight is 371 g/mol. The number of morpholine rings is 1. The van der Waals surface area contributed by atoms with Crippen molar-refractivity contribution in [2.75, 3.05) is 62.3 Å². The Hall–Kier alpha value is -2.67. The lowest BCUT2D eigenvalue weighted by molar-refractivity contribution is -0.364.